The van der Waals surface area contributed by atoms with E-state index < -0.39 is 54.8 Å². The number of aliphatic hydroxyl groups excluding tert-OH is 3. The van der Waals surface area contributed by atoms with Crippen molar-refractivity contribution >= 4 is 5.97 Å². The number of carbonyl (C=O) groups is 1. The molecule has 1 aliphatic heterocycles. The Morgan fingerprint density at radius 3 is 2.24 bits per heavy atom. The van der Waals surface area contributed by atoms with Gasteiger partial charge >= 0.3 is 5.97 Å². The number of hydrogen-bond acceptors (Lipinski definition) is 10. The first-order valence-corrected chi connectivity index (χ1v) is 8.60. The van der Waals surface area contributed by atoms with Crippen LogP contribution in [0.5, 0.6) is 23.0 Å². The quantitative estimate of drug-likeness (QED) is 0.289. The summed E-state index contributed by atoms with van der Waals surface area (Å²) in [5.74, 6) is -1.55. The van der Waals surface area contributed by atoms with Crippen molar-refractivity contribution in [3.63, 3.8) is 0 Å². The monoisotopic (exact) mass is 408 g/mol. The van der Waals surface area contributed by atoms with E-state index >= 15 is 0 Å². The highest BCUT2D eigenvalue weighted by molar-refractivity contribution is 5.90. The van der Waals surface area contributed by atoms with Crippen LogP contribution >= 0.6 is 0 Å². The number of phenolic OH excluding ortho intramolecular Hbond substituents is 3. The number of hydrogen-bond donors (Lipinski definition) is 6. The Morgan fingerprint density at radius 1 is 0.897 bits per heavy atom. The second-order valence-electron chi connectivity index (χ2n) is 6.43. The van der Waals surface area contributed by atoms with Gasteiger partial charge in [-0.2, -0.15) is 0 Å². The fraction of sp³-hybridized carbons (Fsp3) is 0.316. The van der Waals surface area contributed by atoms with E-state index in [1.165, 1.54) is 30.3 Å². The van der Waals surface area contributed by atoms with E-state index in [1.54, 1.807) is 0 Å². The van der Waals surface area contributed by atoms with Gasteiger partial charge in [-0.15, -0.1) is 0 Å². The largest absolute Gasteiger partial charge is 0.508 e. The predicted octanol–water partition coefficient (Wildman–Crippen LogP) is -0.153. The van der Waals surface area contributed by atoms with Gasteiger partial charge in [0.05, 0.1) is 5.56 Å². The molecular formula is C19H20O10. The molecule has 10 nitrogen and oxygen atoms in total. The number of phenols is 3. The average Bonchev–Trinajstić information content (AvgIpc) is 2.71. The molecule has 0 spiro atoms. The number of esters is 1. The maximum absolute atomic E-state index is 12.1. The number of aromatic hydroxyl groups is 3. The second kappa shape index (κ2) is 8.53. The van der Waals surface area contributed by atoms with Crippen LogP contribution in [0.15, 0.2) is 42.5 Å². The van der Waals surface area contributed by atoms with Crippen molar-refractivity contribution in [3.05, 3.63) is 48.0 Å². The highest BCUT2D eigenvalue weighted by Gasteiger charge is 2.45. The summed E-state index contributed by atoms with van der Waals surface area (Å²) in [5.41, 5.74) is -0.0527. The smallest absolute Gasteiger partial charge is 0.338 e. The van der Waals surface area contributed by atoms with Crippen LogP contribution < -0.4 is 4.74 Å². The summed E-state index contributed by atoms with van der Waals surface area (Å²) >= 11 is 0. The van der Waals surface area contributed by atoms with Crippen molar-refractivity contribution in [2.45, 2.75) is 30.7 Å². The molecule has 0 unspecified atom stereocenters. The summed E-state index contributed by atoms with van der Waals surface area (Å²) in [6, 6.07) is 8.87. The molecular weight excluding hydrogens is 388 g/mol. The van der Waals surface area contributed by atoms with E-state index in [0.29, 0.717) is 0 Å². The molecule has 1 fully saturated rings. The predicted molar refractivity (Wildman–Crippen MR) is 95.5 cm³/mol. The Labute approximate surface area is 164 Å². The van der Waals surface area contributed by atoms with Crippen LogP contribution in [-0.2, 0) is 9.47 Å². The van der Waals surface area contributed by atoms with E-state index in [2.05, 4.69) is 0 Å². The highest BCUT2D eigenvalue weighted by Crippen LogP contribution is 2.27. The molecule has 156 valence electrons. The Morgan fingerprint density at radius 2 is 1.59 bits per heavy atom. The van der Waals surface area contributed by atoms with Gasteiger partial charge in [0.25, 0.3) is 0 Å². The SMILES string of the molecule is O=C(OC[C@H]1O[C@@H](Oc2ccc(O)cc2)[C@H](O)[C@@H](O)[C@@H]1O)c1ccc(O)c(O)c1. The van der Waals surface area contributed by atoms with Crippen molar-refractivity contribution in [2.24, 2.45) is 0 Å². The number of aliphatic hydroxyl groups is 3. The Hall–Kier alpha value is -3.05. The van der Waals surface area contributed by atoms with Crippen molar-refractivity contribution in [3.8, 4) is 23.0 Å². The lowest BCUT2D eigenvalue weighted by molar-refractivity contribution is -0.277. The standard InChI is InChI=1S/C19H20O10/c20-10-2-4-11(5-3-10)28-19-17(25)16(24)15(23)14(29-19)8-27-18(26)9-1-6-12(21)13(22)7-9/h1-7,14-17,19-25H,8H2/t14-,15-,16+,17-,19-/m1/s1. The van der Waals surface area contributed by atoms with Crippen molar-refractivity contribution in [1.29, 1.82) is 0 Å². The van der Waals surface area contributed by atoms with Crippen LogP contribution in [0.25, 0.3) is 0 Å². The molecule has 10 heteroatoms. The summed E-state index contributed by atoms with van der Waals surface area (Å²) in [6.45, 7) is -0.485. The fourth-order valence-electron chi connectivity index (χ4n) is 2.70. The summed E-state index contributed by atoms with van der Waals surface area (Å²) < 4.78 is 15.9. The zero-order valence-corrected chi connectivity index (χ0v) is 15.0. The summed E-state index contributed by atoms with van der Waals surface area (Å²) in [5, 5.41) is 58.3. The van der Waals surface area contributed by atoms with Gasteiger partial charge in [0, 0.05) is 0 Å². The zero-order chi connectivity index (χ0) is 21.1. The molecule has 0 aliphatic carbocycles. The summed E-state index contributed by atoms with van der Waals surface area (Å²) in [7, 11) is 0. The Bertz CT molecular complexity index is 853. The normalized spacial score (nSPS) is 26.7. The van der Waals surface area contributed by atoms with Gasteiger partial charge in [-0.25, -0.2) is 4.79 Å². The molecule has 0 amide bonds. The summed E-state index contributed by atoms with van der Waals surface area (Å²) in [6.07, 6.45) is -7.37. The van der Waals surface area contributed by atoms with E-state index in [9.17, 15) is 35.4 Å². The lowest BCUT2D eigenvalue weighted by Gasteiger charge is -2.39. The molecule has 0 saturated carbocycles. The topological polar surface area (TPSA) is 166 Å². The van der Waals surface area contributed by atoms with Crippen molar-refractivity contribution in [2.75, 3.05) is 6.61 Å². The lowest BCUT2D eigenvalue weighted by atomic mass is 9.99. The van der Waals surface area contributed by atoms with Gasteiger partial charge in [0.15, 0.2) is 11.5 Å². The number of carbonyl (C=O) groups excluding carboxylic acids is 1. The Kier molecular flexibility index (Phi) is 6.09. The third kappa shape index (κ3) is 4.69. The van der Waals surface area contributed by atoms with Crippen molar-refractivity contribution < 1.29 is 49.6 Å². The van der Waals surface area contributed by atoms with E-state index in [4.69, 9.17) is 14.2 Å². The minimum Gasteiger partial charge on any atom is -0.508 e. The molecule has 29 heavy (non-hydrogen) atoms. The molecule has 3 rings (SSSR count). The van der Waals surface area contributed by atoms with Crippen LogP contribution in [-0.4, -0.2) is 73.9 Å². The average molecular weight is 408 g/mol. The van der Waals surface area contributed by atoms with Crippen LogP contribution in [0, 0.1) is 0 Å². The number of ether oxygens (including phenoxy) is 3. The van der Waals surface area contributed by atoms with Gasteiger partial charge in [-0.05, 0) is 42.5 Å². The molecule has 2 aromatic rings. The maximum Gasteiger partial charge on any atom is 0.338 e. The molecule has 5 atom stereocenters. The number of benzene rings is 2. The highest BCUT2D eigenvalue weighted by atomic mass is 16.7. The van der Waals surface area contributed by atoms with Crippen molar-refractivity contribution in [1.82, 2.24) is 0 Å². The first kappa shape index (κ1) is 20.7. The van der Waals surface area contributed by atoms with E-state index in [0.717, 1.165) is 12.1 Å². The minimum absolute atomic E-state index is 0.00275. The van der Waals surface area contributed by atoms with Gasteiger partial charge in [-0.3, -0.25) is 0 Å². The minimum atomic E-state index is -1.63. The zero-order valence-electron chi connectivity index (χ0n) is 15.0. The molecule has 1 aliphatic rings. The first-order valence-electron chi connectivity index (χ1n) is 8.60. The maximum atomic E-state index is 12.1. The van der Waals surface area contributed by atoms with Gasteiger partial charge in [-0.1, -0.05) is 0 Å². The van der Waals surface area contributed by atoms with Crippen LogP contribution in [0.4, 0.5) is 0 Å². The molecule has 0 bridgehead atoms. The second-order valence-corrected chi connectivity index (χ2v) is 6.43. The molecule has 6 N–H and O–H groups in total. The number of rotatable bonds is 5. The molecule has 1 saturated heterocycles. The van der Waals surface area contributed by atoms with E-state index in [-0.39, 0.29) is 17.1 Å². The van der Waals surface area contributed by atoms with Crippen LogP contribution in [0.2, 0.25) is 0 Å². The van der Waals surface area contributed by atoms with Gasteiger partial charge < -0.3 is 44.8 Å². The van der Waals surface area contributed by atoms with Gasteiger partial charge in [0.2, 0.25) is 6.29 Å². The van der Waals surface area contributed by atoms with E-state index in [1.807, 2.05) is 0 Å². The van der Waals surface area contributed by atoms with Gasteiger partial charge in [0.1, 0.15) is 42.5 Å². The molecule has 0 radical (unpaired) electrons. The summed E-state index contributed by atoms with van der Waals surface area (Å²) in [4.78, 5) is 12.1. The lowest BCUT2D eigenvalue weighted by Crippen LogP contribution is -2.60. The first-order chi connectivity index (χ1) is 13.8. The van der Waals surface area contributed by atoms with Crippen LogP contribution in [0.3, 0.4) is 0 Å². The molecule has 2 aromatic carbocycles. The molecule has 1 heterocycles. The third-order valence-electron chi connectivity index (χ3n) is 4.35. The molecule has 0 aromatic heterocycles. The Balaban J connectivity index is 1.65. The fourth-order valence-corrected chi connectivity index (χ4v) is 2.70. The van der Waals surface area contributed by atoms with Crippen LogP contribution in [0.1, 0.15) is 10.4 Å². The third-order valence-corrected chi connectivity index (χ3v) is 4.35.